The predicted molar refractivity (Wildman–Crippen MR) is 354 cm³/mol. The van der Waals surface area contributed by atoms with Crippen LogP contribution in [0.5, 0.6) is 11.5 Å². The number of hydrogen-bond donors (Lipinski definition) is 0. The van der Waals surface area contributed by atoms with E-state index >= 15 is 0 Å². The molecule has 0 saturated carbocycles. The molecule has 0 saturated heterocycles. The van der Waals surface area contributed by atoms with Gasteiger partial charge in [-0.05, 0) is 150 Å². The van der Waals surface area contributed by atoms with Crippen molar-refractivity contribution in [2.45, 2.75) is 190 Å². The molecule has 440 valence electrons. The van der Waals surface area contributed by atoms with E-state index in [-0.39, 0.29) is 66.4 Å². The Kier molecular flexibility index (Phi) is 17.2. The van der Waals surface area contributed by atoms with Crippen molar-refractivity contribution in [1.29, 1.82) is 0 Å². The van der Waals surface area contributed by atoms with E-state index in [0.29, 0.717) is 11.5 Å². The Morgan fingerprint density at radius 1 is 0.452 bits per heavy atom. The maximum absolute atomic E-state index is 7.29. The molecule has 0 N–H and O–H groups in total. The maximum atomic E-state index is 7.29. The third kappa shape index (κ3) is 12.4. The Bertz CT molecular complexity index is 3780. The zero-order valence-electron chi connectivity index (χ0n) is 53.8. The maximum Gasteiger partial charge on any atom is 0.0774 e. The Balaban J connectivity index is 0.00000846. The quantitative estimate of drug-likeness (QED) is 0.115. The van der Waals surface area contributed by atoms with Gasteiger partial charge in [-0.1, -0.05) is 229 Å². The molecular formula is C78H89N4OPt-3. The molecule has 1 aromatic heterocycles. The van der Waals surface area contributed by atoms with Gasteiger partial charge in [0, 0.05) is 49.6 Å². The molecule has 84 heavy (non-hydrogen) atoms. The second-order valence-corrected chi connectivity index (χ2v) is 28.8. The van der Waals surface area contributed by atoms with Crippen LogP contribution in [0.1, 0.15) is 218 Å². The molecule has 0 radical (unpaired) electrons. The minimum Gasteiger partial charge on any atom is -0.661 e. The van der Waals surface area contributed by atoms with Crippen molar-refractivity contribution in [3.63, 3.8) is 0 Å². The van der Waals surface area contributed by atoms with Crippen LogP contribution in [0.2, 0.25) is 0 Å². The molecule has 6 heteroatoms. The summed E-state index contributed by atoms with van der Waals surface area (Å²) in [7, 11) is 0. The van der Waals surface area contributed by atoms with Crippen molar-refractivity contribution >= 4 is 28.1 Å². The standard InChI is InChI=1S/C78H89N4O.Pt/c1-47(2)63-40-53(51-28-22-21-23-29-51)41-64(48(3)4)71(63)81-69-32-26-24-30-67(69)79-73(81)55-36-59(77(15,16)17)45-61(38-55)83-62-39-56(37-60(46-62)78(18,19)20)74-80-68-31-25-27-33-70(68)82(74)72-65(49(5)6)42-54(43-66(72)50(7)8)52-34-57(75(9,10)11)44-58(35-52)76(12,13)14;/h21-37,40-50,73H,1-20H3;/q-3;. The molecule has 10 rings (SSSR count). The van der Waals surface area contributed by atoms with Gasteiger partial charge in [-0.25, -0.2) is 0 Å². The Morgan fingerprint density at radius 3 is 1.43 bits per heavy atom. The van der Waals surface area contributed by atoms with Crippen molar-refractivity contribution in [3.05, 3.63) is 213 Å². The number of fused-ring (bicyclic) bond motifs is 2. The van der Waals surface area contributed by atoms with Crippen molar-refractivity contribution in [2.75, 3.05) is 4.90 Å². The molecule has 0 spiro atoms. The number of benzene rings is 8. The van der Waals surface area contributed by atoms with Crippen molar-refractivity contribution < 1.29 is 25.8 Å². The topological polar surface area (TPSA) is 44.4 Å². The second-order valence-electron chi connectivity index (χ2n) is 28.8. The molecule has 1 aliphatic rings. The van der Waals surface area contributed by atoms with Crippen molar-refractivity contribution in [3.8, 4) is 50.8 Å². The smallest absolute Gasteiger partial charge is 0.0774 e. The Hall–Kier alpha value is -6.68. The van der Waals surface area contributed by atoms with E-state index in [0.717, 1.165) is 50.5 Å². The van der Waals surface area contributed by atoms with Gasteiger partial charge in [0.25, 0.3) is 0 Å². The molecule has 0 aliphatic carbocycles. The van der Waals surface area contributed by atoms with Gasteiger partial charge in [-0.15, -0.1) is 40.6 Å². The van der Waals surface area contributed by atoms with E-state index in [4.69, 9.17) is 15.0 Å². The number of imidazole rings is 1. The SMILES string of the molecule is CC(C)c1cc(-c2ccccc2)cc(C(C)C)c1N1c2ccccc2[N-]C1c1[c-]c(Oc2[c-]c(-c3nc4ccccc4n3-c3c(C(C)C)cc(-c4cc(C(C)(C)C)cc(C(C)(C)C)c4)cc3C(C)C)cc(C(C)(C)C)c2)cc(C(C)(C)C)c1.[Pt]. The van der Waals surface area contributed by atoms with E-state index in [9.17, 15) is 0 Å². The second kappa shape index (κ2) is 23.3. The van der Waals surface area contributed by atoms with Crippen LogP contribution in [-0.2, 0) is 42.7 Å². The van der Waals surface area contributed by atoms with E-state index < -0.39 is 6.17 Å². The van der Waals surface area contributed by atoms with Crippen LogP contribution in [0.25, 0.3) is 55.7 Å². The number of aromatic nitrogens is 2. The summed E-state index contributed by atoms with van der Waals surface area (Å²) in [5.41, 5.74) is 22.8. The molecule has 9 aromatic rings. The van der Waals surface area contributed by atoms with Crippen LogP contribution < -0.4 is 9.64 Å². The third-order valence-electron chi connectivity index (χ3n) is 16.8. The summed E-state index contributed by atoms with van der Waals surface area (Å²) in [4.78, 5) is 8.06. The summed E-state index contributed by atoms with van der Waals surface area (Å²) in [6.07, 6.45) is -0.408. The van der Waals surface area contributed by atoms with E-state index in [1.54, 1.807) is 0 Å². The summed E-state index contributed by atoms with van der Waals surface area (Å²) in [6, 6.07) is 61.6. The van der Waals surface area contributed by atoms with Crippen LogP contribution in [0.3, 0.4) is 0 Å². The van der Waals surface area contributed by atoms with Gasteiger partial charge in [0.2, 0.25) is 0 Å². The number of hydrogen-bond acceptors (Lipinski definition) is 3. The van der Waals surface area contributed by atoms with Gasteiger partial charge in [0.1, 0.15) is 0 Å². The first-order valence-electron chi connectivity index (χ1n) is 30.4. The van der Waals surface area contributed by atoms with E-state index in [1.165, 1.54) is 67.0 Å². The van der Waals surface area contributed by atoms with Gasteiger partial charge < -0.3 is 19.5 Å². The molecule has 0 amide bonds. The van der Waals surface area contributed by atoms with Crippen LogP contribution in [-0.4, -0.2) is 9.55 Å². The number of anilines is 2. The van der Waals surface area contributed by atoms with Gasteiger partial charge in [0.15, 0.2) is 0 Å². The van der Waals surface area contributed by atoms with Crippen LogP contribution in [0.15, 0.2) is 146 Å². The largest absolute Gasteiger partial charge is 0.661 e. The van der Waals surface area contributed by atoms with Gasteiger partial charge in [-0.2, -0.15) is 11.6 Å². The van der Waals surface area contributed by atoms with Crippen molar-refractivity contribution in [1.82, 2.24) is 9.55 Å². The molecule has 1 atom stereocenters. The summed E-state index contributed by atoms with van der Waals surface area (Å²) in [5, 5.41) is 5.60. The predicted octanol–water partition coefficient (Wildman–Crippen LogP) is 23.0. The molecule has 1 unspecified atom stereocenters. The third-order valence-corrected chi connectivity index (χ3v) is 16.8. The minimum absolute atomic E-state index is 0. The van der Waals surface area contributed by atoms with Gasteiger partial charge >= 0.3 is 0 Å². The summed E-state index contributed by atoms with van der Waals surface area (Å²) >= 11 is 0. The van der Waals surface area contributed by atoms with E-state index in [2.05, 4.69) is 306 Å². The summed E-state index contributed by atoms with van der Waals surface area (Å²) < 4.78 is 9.72. The molecule has 5 nitrogen and oxygen atoms in total. The van der Waals surface area contributed by atoms with Crippen LogP contribution in [0.4, 0.5) is 17.1 Å². The molecule has 8 aromatic carbocycles. The van der Waals surface area contributed by atoms with Crippen LogP contribution in [0, 0.1) is 12.1 Å². The minimum atomic E-state index is -0.408. The fourth-order valence-corrected chi connectivity index (χ4v) is 11.7. The average Bonchev–Trinajstić information content (AvgIpc) is 2.90. The first kappa shape index (κ1) is 61.9. The normalized spacial score (nSPS) is 14.0. The fourth-order valence-electron chi connectivity index (χ4n) is 11.7. The zero-order valence-corrected chi connectivity index (χ0v) is 56.0. The average molecular weight is 1290 g/mol. The van der Waals surface area contributed by atoms with Crippen molar-refractivity contribution in [2.24, 2.45) is 0 Å². The molecule has 1 aliphatic heterocycles. The molecule has 0 bridgehead atoms. The first-order valence-corrected chi connectivity index (χ1v) is 30.4. The zero-order chi connectivity index (χ0) is 59.8. The summed E-state index contributed by atoms with van der Waals surface area (Å²) in [6.45, 7) is 46.1. The summed E-state index contributed by atoms with van der Waals surface area (Å²) in [5.74, 6) is 2.94. The molecule has 0 fully saturated rings. The van der Waals surface area contributed by atoms with Gasteiger partial charge in [-0.3, -0.25) is 4.98 Å². The number of nitrogens with zero attached hydrogens (tertiary/aromatic N) is 4. The number of para-hydroxylation sites is 4. The fraction of sp³-hybridized carbons (Fsp3) is 0.372. The molecule has 2 heterocycles. The van der Waals surface area contributed by atoms with Crippen LogP contribution >= 0.6 is 0 Å². The first-order chi connectivity index (χ1) is 39.0. The Labute approximate surface area is 519 Å². The Morgan fingerprint density at radius 2 is 0.893 bits per heavy atom. The monoisotopic (exact) mass is 1290 g/mol. The van der Waals surface area contributed by atoms with Gasteiger partial charge in [0.05, 0.1) is 16.9 Å². The van der Waals surface area contributed by atoms with E-state index in [1.807, 2.05) is 0 Å². The number of rotatable bonds is 12. The molecular weight excluding hydrogens is 1200 g/mol. The number of ether oxygens (including phenoxy) is 1.